The number of halogens is 1. The van der Waals surface area contributed by atoms with Gasteiger partial charge in [-0.2, -0.15) is 10.3 Å². The van der Waals surface area contributed by atoms with Crippen LogP contribution in [0.5, 0.6) is 0 Å². The molecule has 0 saturated carbocycles. The Hall–Kier alpha value is -1.60. The average molecular weight is 237 g/mol. The lowest BCUT2D eigenvalue weighted by molar-refractivity contribution is 0.490. The van der Waals surface area contributed by atoms with E-state index in [0.717, 1.165) is 17.8 Å². The van der Waals surface area contributed by atoms with Gasteiger partial charge in [0.2, 0.25) is 6.19 Å². The topological polar surface area (TPSA) is 52.3 Å². The Labute approximate surface area is 100 Å². The summed E-state index contributed by atoms with van der Waals surface area (Å²) in [5, 5.41) is 9.00. The van der Waals surface area contributed by atoms with E-state index in [1.807, 2.05) is 24.9 Å². The summed E-state index contributed by atoms with van der Waals surface area (Å²) in [6.07, 6.45) is 4.25. The minimum Gasteiger partial charge on any atom is -0.358 e. The van der Waals surface area contributed by atoms with Crippen LogP contribution in [-0.2, 0) is 6.54 Å². The van der Waals surface area contributed by atoms with Crippen molar-refractivity contribution >= 4 is 17.4 Å². The van der Waals surface area contributed by atoms with Gasteiger partial charge in [-0.3, -0.25) is 0 Å². The Bertz CT molecular complexity index is 405. The predicted molar refractivity (Wildman–Crippen MR) is 64.1 cm³/mol. The molecular formula is C11H13ClN4. The molecule has 0 N–H and O–H groups in total. The van der Waals surface area contributed by atoms with E-state index >= 15 is 0 Å². The molecule has 1 aromatic rings. The number of nitriles is 1. The molecule has 0 unspecified atom stereocenters. The molecule has 0 aliphatic carbocycles. The maximum Gasteiger partial charge on any atom is 0.207 e. The number of nitrogens with zero attached hydrogens (tertiary/aromatic N) is 4. The number of hydrogen-bond acceptors (Lipinski definition) is 3. The smallest absolute Gasteiger partial charge is 0.207 e. The second kappa shape index (κ2) is 6.09. The van der Waals surface area contributed by atoms with E-state index in [0.29, 0.717) is 11.7 Å². The fraction of sp³-hybridized carbons (Fsp3) is 0.364. The predicted octanol–water partition coefficient (Wildman–Crippen LogP) is 2.46. The molecule has 5 heteroatoms. The Balaban J connectivity index is 2.71. The molecule has 1 heterocycles. The molecule has 84 valence electrons. The van der Waals surface area contributed by atoms with Gasteiger partial charge < -0.3 is 4.90 Å². The van der Waals surface area contributed by atoms with E-state index < -0.39 is 0 Å². The van der Waals surface area contributed by atoms with Crippen LogP contribution in [0.15, 0.2) is 23.3 Å². The fourth-order valence-electron chi connectivity index (χ4n) is 1.36. The summed E-state index contributed by atoms with van der Waals surface area (Å²) in [6.45, 7) is 2.63. The summed E-state index contributed by atoms with van der Waals surface area (Å²) in [7, 11) is 1.90. The molecule has 0 atom stereocenters. The highest BCUT2D eigenvalue weighted by Crippen LogP contribution is 2.08. The van der Waals surface area contributed by atoms with Gasteiger partial charge >= 0.3 is 0 Å². The van der Waals surface area contributed by atoms with Crippen molar-refractivity contribution < 1.29 is 0 Å². The first kappa shape index (κ1) is 12.5. The number of pyridine rings is 1. The molecule has 0 aromatic carbocycles. The van der Waals surface area contributed by atoms with Gasteiger partial charge in [-0.25, -0.2) is 4.98 Å². The Morgan fingerprint density at radius 2 is 2.38 bits per heavy atom. The largest absolute Gasteiger partial charge is 0.358 e. The summed E-state index contributed by atoms with van der Waals surface area (Å²) in [5.74, 6) is 0.762. The van der Waals surface area contributed by atoms with Gasteiger partial charge in [0.25, 0.3) is 0 Å². The molecule has 1 rings (SSSR count). The highest BCUT2D eigenvalue weighted by Gasteiger charge is 2.05. The summed E-state index contributed by atoms with van der Waals surface area (Å²) in [4.78, 5) is 9.68. The molecule has 16 heavy (non-hydrogen) atoms. The van der Waals surface area contributed by atoms with Crippen molar-refractivity contribution in [1.82, 2.24) is 9.88 Å². The van der Waals surface area contributed by atoms with Crippen molar-refractivity contribution in [2.75, 3.05) is 7.05 Å². The first-order valence-electron chi connectivity index (χ1n) is 4.94. The van der Waals surface area contributed by atoms with Gasteiger partial charge in [0.05, 0.1) is 0 Å². The van der Waals surface area contributed by atoms with Crippen molar-refractivity contribution in [2.45, 2.75) is 19.9 Å². The highest BCUT2D eigenvalue weighted by molar-refractivity contribution is 6.29. The minimum atomic E-state index is 0.479. The van der Waals surface area contributed by atoms with Gasteiger partial charge in [0, 0.05) is 26.2 Å². The van der Waals surface area contributed by atoms with E-state index in [1.165, 1.54) is 0 Å². The van der Waals surface area contributed by atoms with E-state index in [9.17, 15) is 0 Å². The fourth-order valence-corrected chi connectivity index (χ4v) is 1.47. The Morgan fingerprint density at radius 3 is 2.88 bits per heavy atom. The lowest BCUT2D eigenvalue weighted by atomic mass is 10.2. The second-order valence-corrected chi connectivity index (χ2v) is 3.71. The maximum absolute atomic E-state index is 8.53. The highest BCUT2D eigenvalue weighted by atomic mass is 35.5. The first-order chi connectivity index (χ1) is 7.67. The number of amidine groups is 1. The lowest BCUT2D eigenvalue weighted by Crippen LogP contribution is -2.25. The molecule has 0 saturated heterocycles. The summed E-state index contributed by atoms with van der Waals surface area (Å²) >= 11 is 5.70. The quantitative estimate of drug-likeness (QED) is 0.351. The Kier molecular flexibility index (Phi) is 4.74. The molecule has 0 bridgehead atoms. The molecule has 0 spiro atoms. The van der Waals surface area contributed by atoms with Crippen molar-refractivity contribution in [1.29, 1.82) is 5.26 Å². The molecule has 4 nitrogen and oxygen atoms in total. The number of aliphatic imine (C=N–C) groups is 1. The van der Waals surface area contributed by atoms with E-state index in [2.05, 4.69) is 9.98 Å². The van der Waals surface area contributed by atoms with Gasteiger partial charge in [-0.15, -0.1) is 0 Å². The van der Waals surface area contributed by atoms with Crippen LogP contribution in [0.4, 0.5) is 0 Å². The number of rotatable bonds is 3. The van der Waals surface area contributed by atoms with Crippen LogP contribution in [0.25, 0.3) is 0 Å². The number of hydrogen-bond donors (Lipinski definition) is 0. The zero-order valence-corrected chi connectivity index (χ0v) is 10.1. The minimum absolute atomic E-state index is 0.479. The van der Waals surface area contributed by atoms with Crippen molar-refractivity contribution in [3.63, 3.8) is 0 Å². The third kappa shape index (κ3) is 3.52. The second-order valence-electron chi connectivity index (χ2n) is 3.33. The van der Waals surface area contributed by atoms with Crippen LogP contribution >= 0.6 is 11.6 Å². The number of aromatic nitrogens is 1. The summed E-state index contributed by atoms with van der Waals surface area (Å²) < 4.78 is 0. The monoisotopic (exact) mass is 236 g/mol. The van der Waals surface area contributed by atoms with Gasteiger partial charge in [-0.1, -0.05) is 24.6 Å². The van der Waals surface area contributed by atoms with Crippen LogP contribution in [0.3, 0.4) is 0 Å². The molecule has 0 radical (unpaired) electrons. The Morgan fingerprint density at radius 1 is 1.62 bits per heavy atom. The lowest BCUT2D eigenvalue weighted by Gasteiger charge is -2.19. The summed E-state index contributed by atoms with van der Waals surface area (Å²) in [5.41, 5.74) is 1.03. The van der Waals surface area contributed by atoms with Crippen molar-refractivity contribution in [3.05, 3.63) is 29.0 Å². The van der Waals surface area contributed by atoms with E-state index in [-0.39, 0.29) is 0 Å². The van der Waals surface area contributed by atoms with Crippen LogP contribution in [0.1, 0.15) is 18.9 Å². The third-order valence-electron chi connectivity index (χ3n) is 2.14. The standard InChI is InChI=1S/C11H13ClN4/c1-3-11(15-8-13)16(2)7-9-4-5-10(12)14-6-9/h4-6H,3,7H2,1-2H3. The van der Waals surface area contributed by atoms with Crippen molar-refractivity contribution in [3.8, 4) is 6.19 Å². The van der Waals surface area contributed by atoms with Crippen LogP contribution in [-0.4, -0.2) is 22.8 Å². The maximum atomic E-state index is 8.53. The van der Waals surface area contributed by atoms with Gasteiger partial charge in [0.1, 0.15) is 11.0 Å². The molecule has 1 aromatic heterocycles. The summed E-state index contributed by atoms with van der Waals surface area (Å²) in [6, 6.07) is 3.66. The molecule has 0 aliphatic rings. The van der Waals surface area contributed by atoms with E-state index in [4.69, 9.17) is 16.9 Å². The van der Waals surface area contributed by atoms with Crippen molar-refractivity contribution in [2.24, 2.45) is 4.99 Å². The zero-order chi connectivity index (χ0) is 12.0. The molecule has 0 aliphatic heterocycles. The molecular weight excluding hydrogens is 224 g/mol. The molecule has 0 fully saturated rings. The SMILES string of the molecule is CCC(=NC#N)N(C)Cc1ccc(Cl)nc1. The van der Waals surface area contributed by atoms with E-state index in [1.54, 1.807) is 18.5 Å². The normalized spacial score (nSPS) is 11.0. The third-order valence-corrected chi connectivity index (χ3v) is 2.37. The first-order valence-corrected chi connectivity index (χ1v) is 5.32. The average Bonchev–Trinajstić information content (AvgIpc) is 2.29. The van der Waals surface area contributed by atoms with Crippen LogP contribution in [0.2, 0.25) is 5.15 Å². The van der Waals surface area contributed by atoms with Crippen LogP contribution in [0, 0.1) is 11.5 Å². The van der Waals surface area contributed by atoms with Gasteiger partial charge in [-0.05, 0) is 11.6 Å². The van der Waals surface area contributed by atoms with Gasteiger partial charge in [0.15, 0.2) is 0 Å². The molecule has 0 amide bonds. The van der Waals surface area contributed by atoms with Crippen LogP contribution < -0.4 is 0 Å². The zero-order valence-electron chi connectivity index (χ0n) is 9.31.